The molecule has 0 unspecified atom stereocenters. The average molecular weight is 1500 g/mol. The second-order valence-corrected chi connectivity index (χ2v) is 30.9. The molecule has 12 heteroatoms. The molecule has 8 aromatic heterocycles. The Bertz CT molecular complexity index is 8510. The van der Waals surface area contributed by atoms with Crippen LogP contribution in [0, 0.1) is 0 Å². The van der Waals surface area contributed by atoms with Crippen LogP contribution in [0.3, 0.4) is 0 Å². The van der Waals surface area contributed by atoms with Crippen LogP contribution in [0.25, 0.3) is 253 Å². The van der Waals surface area contributed by atoms with Crippen LogP contribution < -0.4 is 0 Å². The first-order valence-corrected chi connectivity index (χ1v) is 39.7. The maximum absolute atomic E-state index is 7.54. The van der Waals surface area contributed by atoms with E-state index < -0.39 is 0 Å². The number of rotatable bonds is 10. The predicted octanol–water partition coefficient (Wildman–Crippen LogP) is 28.0. The molecule has 0 saturated heterocycles. The van der Waals surface area contributed by atoms with Crippen molar-refractivity contribution in [3.63, 3.8) is 0 Å². The van der Waals surface area contributed by atoms with E-state index in [2.05, 4.69) is 300 Å². The van der Waals surface area contributed by atoms with Gasteiger partial charge in [0.1, 0.15) is 33.7 Å². The van der Waals surface area contributed by atoms with Gasteiger partial charge in [-0.25, -0.2) is 29.9 Å². The predicted molar refractivity (Wildman–Crippen MR) is 475 cm³/mol. The highest BCUT2D eigenvalue weighted by atomic mass is 32.1. The summed E-state index contributed by atoms with van der Waals surface area (Å²) in [5.41, 5.74) is 19.2. The van der Waals surface area contributed by atoms with Gasteiger partial charge in [-0.2, -0.15) is 0 Å². The van der Waals surface area contributed by atoms with Crippen molar-refractivity contribution in [1.29, 1.82) is 0 Å². The third kappa shape index (κ3) is 9.78. The van der Waals surface area contributed by atoms with Crippen LogP contribution in [0.5, 0.6) is 0 Å². The summed E-state index contributed by atoms with van der Waals surface area (Å²) in [6.07, 6.45) is 0. The van der Waals surface area contributed by atoms with E-state index in [1.54, 1.807) is 11.3 Å². The number of furan rings is 3. The molecule has 0 bridgehead atoms. The van der Waals surface area contributed by atoms with Crippen LogP contribution in [0.1, 0.15) is 0 Å². The average Bonchev–Trinajstić information content (AvgIpc) is 1.52. The van der Waals surface area contributed by atoms with E-state index in [-0.39, 0.29) is 0 Å². The normalized spacial score (nSPS) is 12.1. The maximum Gasteiger partial charge on any atom is 0.166 e. The van der Waals surface area contributed by atoms with E-state index in [9.17, 15) is 0 Å². The molecule has 0 amide bonds. The number of fused-ring (bicyclic) bond motifs is 20. The first-order valence-electron chi connectivity index (χ1n) is 38.9. The quantitative estimate of drug-likeness (QED) is 0.131. The monoisotopic (exact) mass is 1500 g/mol. The Labute approximate surface area is 664 Å². The molecule has 0 radical (unpaired) electrons. The highest BCUT2D eigenvalue weighted by Crippen LogP contribution is 2.50. The van der Waals surface area contributed by atoms with Gasteiger partial charge in [-0.3, -0.25) is 0 Å². The van der Waals surface area contributed by atoms with Crippen LogP contribution in [-0.2, 0) is 0 Å². The highest BCUT2D eigenvalue weighted by molar-refractivity contribution is 7.26. The van der Waals surface area contributed by atoms with Crippen molar-refractivity contribution in [1.82, 2.24) is 39.0 Å². The Balaban J connectivity index is 0.683. The van der Waals surface area contributed by atoms with Crippen LogP contribution in [0.15, 0.2) is 365 Å². The van der Waals surface area contributed by atoms with Crippen LogP contribution in [0.2, 0.25) is 0 Å². The zero-order chi connectivity index (χ0) is 75.8. The third-order valence-electron chi connectivity index (χ3n) is 23.4. The van der Waals surface area contributed by atoms with Gasteiger partial charge in [-0.05, 0) is 153 Å². The van der Waals surface area contributed by atoms with Gasteiger partial charge < -0.3 is 22.4 Å². The lowest BCUT2D eigenvalue weighted by Crippen LogP contribution is -2.04. The fourth-order valence-electron chi connectivity index (χ4n) is 18.2. The Morgan fingerprint density at radius 3 is 1.29 bits per heavy atom. The number of para-hydroxylation sites is 4. The van der Waals surface area contributed by atoms with Gasteiger partial charge in [-0.15, -0.1) is 11.3 Å². The summed E-state index contributed by atoms with van der Waals surface area (Å²) in [6, 6.07) is 124. The van der Waals surface area contributed by atoms with Gasteiger partial charge in [0.15, 0.2) is 46.1 Å². The van der Waals surface area contributed by atoms with E-state index in [4.69, 9.17) is 43.2 Å². The Hall–Kier alpha value is -15.5. The fraction of sp³-hybridized carbons (Fsp3) is 0. The topological polar surface area (TPSA) is 127 Å². The fourth-order valence-corrected chi connectivity index (χ4v) is 19.4. The maximum atomic E-state index is 7.54. The van der Waals surface area contributed by atoms with Crippen molar-refractivity contribution in [3.05, 3.63) is 352 Å². The molecule has 538 valence electrons. The summed E-state index contributed by atoms with van der Waals surface area (Å²) in [7, 11) is 0. The van der Waals surface area contributed by atoms with E-state index in [1.807, 2.05) is 60.7 Å². The lowest BCUT2D eigenvalue weighted by Gasteiger charge is -2.16. The number of thiophene rings is 1. The standard InChI is InChI=1S/C104H58N8O3S/c1-2-23-59(24-3-1)99-105-102(110-104(106-99)80-41-20-39-74-72-36-12-17-48-91(72)116-98(74)80)79-52-50-76-92-68(38-21-47-90(92)115-97(76)95(79)112-84-43-14-9-34-70(84)82-56-63-26-5-7-28-65(63)58-86(82)112)66-31-18-29-60(53-66)61-30-19-32-67(54-61)100-107-101(77-40-22-46-89-93(77)75-37-11-16-45-88(75)113-89)109-103(108-100)78-51-49-73-71-35-10-15-44-87(71)114-96(73)94(78)111-83-42-13-8-33-69(83)81-55-62-25-4-6-27-64(62)57-85(81)111/h1-58H. The molecular weight excluding hydrogens is 1440 g/mol. The summed E-state index contributed by atoms with van der Waals surface area (Å²) >= 11 is 1.76. The Morgan fingerprint density at radius 2 is 0.629 bits per heavy atom. The van der Waals surface area contributed by atoms with E-state index in [1.165, 1.54) is 10.1 Å². The summed E-state index contributed by atoms with van der Waals surface area (Å²) < 4.78 is 28.3. The minimum absolute atomic E-state index is 0.476. The highest BCUT2D eigenvalue weighted by Gasteiger charge is 2.30. The second-order valence-electron chi connectivity index (χ2n) is 29.9. The van der Waals surface area contributed by atoms with Gasteiger partial charge in [0.05, 0.1) is 22.1 Å². The van der Waals surface area contributed by atoms with Gasteiger partial charge in [0, 0.05) is 107 Å². The molecule has 0 N–H and O–H groups in total. The summed E-state index contributed by atoms with van der Waals surface area (Å²) in [4.78, 5) is 33.3. The first kappa shape index (κ1) is 64.2. The molecule has 25 rings (SSSR count). The van der Waals surface area contributed by atoms with Gasteiger partial charge in [0.25, 0.3) is 0 Å². The second kappa shape index (κ2) is 25.0. The molecule has 0 atom stereocenters. The molecule has 0 saturated carbocycles. The van der Waals surface area contributed by atoms with Gasteiger partial charge in [-0.1, -0.05) is 243 Å². The first-order chi connectivity index (χ1) is 57.5. The van der Waals surface area contributed by atoms with Crippen molar-refractivity contribution in [3.8, 4) is 102 Å². The summed E-state index contributed by atoms with van der Waals surface area (Å²) in [5.74, 6) is 3.13. The van der Waals surface area contributed by atoms with Crippen molar-refractivity contribution in [2.75, 3.05) is 0 Å². The molecule has 25 aromatic rings. The van der Waals surface area contributed by atoms with Crippen LogP contribution >= 0.6 is 11.3 Å². The van der Waals surface area contributed by atoms with E-state index >= 15 is 0 Å². The minimum Gasteiger partial charge on any atom is -0.456 e. The lowest BCUT2D eigenvalue weighted by molar-refractivity contribution is 0.666. The number of benzene rings is 17. The van der Waals surface area contributed by atoms with Crippen molar-refractivity contribution in [2.45, 2.75) is 0 Å². The molecule has 0 aliphatic heterocycles. The zero-order valence-electron chi connectivity index (χ0n) is 61.7. The SMILES string of the molecule is c1ccc(-c2nc(-c3ccc4c(oc5cccc(-c6cccc(-c7cccc(-c8nc(-c9ccc%10c(oc%11ccccc%11%10)c9-n9c%10ccccc%10c%10cc%11ccccc%11cc%109)nc(-c9cccc%10oc%11ccccc%11c9%10)n8)c7)c6)c54)c3-n3c4ccccc4c4cc5ccccc5cc43)nc(-c3cccc4c3sc3ccccc34)n2)cc1. The van der Waals surface area contributed by atoms with E-state index in [0.717, 1.165) is 202 Å². The molecule has 0 fully saturated rings. The molecule has 0 aliphatic rings. The number of nitrogens with zero attached hydrogens (tertiary/aromatic N) is 8. The van der Waals surface area contributed by atoms with Crippen molar-refractivity contribution < 1.29 is 13.3 Å². The zero-order valence-corrected chi connectivity index (χ0v) is 62.5. The molecule has 0 spiro atoms. The molecule has 0 aliphatic carbocycles. The van der Waals surface area contributed by atoms with Crippen molar-refractivity contribution in [2.24, 2.45) is 0 Å². The van der Waals surface area contributed by atoms with Crippen molar-refractivity contribution >= 4 is 162 Å². The Kier molecular flexibility index (Phi) is 13.8. The van der Waals surface area contributed by atoms with Gasteiger partial charge in [0.2, 0.25) is 0 Å². The number of hydrogen-bond donors (Lipinski definition) is 0. The van der Waals surface area contributed by atoms with E-state index in [0.29, 0.717) is 40.5 Å². The molecule has 8 heterocycles. The largest absolute Gasteiger partial charge is 0.456 e. The summed E-state index contributed by atoms with van der Waals surface area (Å²) in [6.45, 7) is 0. The third-order valence-corrected chi connectivity index (χ3v) is 24.6. The molecular formula is C104H58N8O3S. The molecule has 17 aromatic carbocycles. The smallest absolute Gasteiger partial charge is 0.166 e. The molecule has 11 nitrogen and oxygen atoms in total. The van der Waals surface area contributed by atoms with Crippen LogP contribution in [-0.4, -0.2) is 39.0 Å². The van der Waals surface area contributed by atoms with Crippen LogP contribution in [0.4, 0.5) is 0 Å². The Morgan fingerprint density at radius 1 is 0.216 bits per heavy atom. The number of hydrogen-bond acceptors (Lipinski definition) is 10. The summed E-state index contributed by atoms with van der Waals surface area (Å²) in [5, 5.41) is 17.2. The lowest BCUT2D eigenvalue weighted by atomic mass is 9.95. The molecule has 116 heavy (non-hydrogen) atoms. The minimum atomic E-state index is 0.476. The van der Waals surface area contributed by atoms with Gasteiger partial charge >= 0.3 is 0 Å². The number of aromatic nitrogens is 8.